The number of hydrogen-bond acceptors (Lipinski definition) is 5. The molecule has 0 aromatic heterocycles. The summed E-state index contributed by atoms with van der Waals surface area (Å²) in [4.78, 5) is 24.2. The molecular formula is C41H68O5. The number of rotatable bonds is 32. The van der Waals surface area contributed by atoms with Gasteiger partial charge in [-0.1, -0.05) is 132 Å². The lowest BCUT2D eigenvalue weighted by Gasteiger charge is -2.15. The largest absolute Gasteiger partial charge is 0.462 e. The van der Waals surface area contributed by atoms with Crippen LogP contribution in [0.5, 0.6) is 0 Å². The summed E-state index contributed by atoms with van der Waals surface area (Å²) >= 11 is 0. The summed E-state index contributed by atoms with van der Waals surface area (Å²) in [5, 5.41) is 9.53. The minimum Gasteiger partial charge on any atom is -0.462 e. The third-order valence-electron chi connectivity index (χ3n) is 7.48. The van der Waals surface area contributed by atoms with Gasteiger partial charge in [0.05, 0.1) is 6.61 Å². The maximum absolute atomic E-state index is 12.1. The summed E-state index contributed by atoms with van der Waals surface area (Å²) < 4.78 is 10.5. The number of allylic oxidation sites excluding steroid dienone is 12. The van der Waals surface area contributed by atoms with Gasteiger partial charge in [0.2, 0.25) is 0 Å². The Balaban J connectivity index is 3.69. The van der Waals surface area contributed by atoms with Crippen molar-refractivity contribution in [3.8, 4) is 0 Å². The van der Waals surface area contributed by atoms with Crippen molar-refractivity contribution in [1.29, 1.82) is 0 Å². The van der Waals surface area contributed by atoms with Crippen LogP contribution in [0.2, 0.25) is 0 Å². The van der Waals surface area contributed by atoms with Gasteiger partial charge < -0.3 is 14.6 Å². The van der Waals surface area contributed by atoms with Crippen LogP contribution in [-0.4, -0.2) is 36.4 Å². The molecule has 0 rings (SSSR count). The molecule has 0 saturated heterocycles. The lowest BCUT2D eigenvalue weighted by molar-refractivity contribution is -0.161. The number of hydrogen-bond donors (Lipinski definition) is 1. The van der Waals surface area contributed by atoms with Gasteiger partial charge >= 0.3 is 11.9 Å². The van der Waals surface area contributed by atoms with Crippen LogP contribution in [-0.2, 0) is 19.1 Å². The van der Waals surface area contributed by atoms with Crippen molar-refractivity contribution in [2.45, 2.75) is 161 Å². The van der Waals surface area contributed by atoms with Gasteiger partial charge in [0.25, 0.3) is 0 Å². The molecule has 0 aliphatic rings. The number of esters is 2. The van der Waals surface area contributed by atoms with E-state index in [1.165, 1.54) is 44.9 Å². The normalized spacial score (nSPS) is 13.0. The maximum atomic E-state index is 12.1. The van der Waals surface area contributed by atoms with Crippen LogP contribution < -0.4 is 0 Å². The molecule has 262 valence electrons. The van der Waals surface area contributed by atoms with Crippen LogP contribution in [0.1, 0.15) is 155 Å². The van der Waals surface area contributed by atoms with E-state index in [-0.39, 0.29) is 25.2 Å². The Labute approximate surface area is 283 Å². The van der Waals surface area contributed by atoms with Gasteiger partial charge in [-0.15, -0.1) is 0 Å². The molecule has 0 spiro atoms. The summed E-state index contributed by atoms with van der Waals surface area (Å²) in [5.74, 6) is -0.646. The fourth-order valence-corrected chi connectivity index (χ4v) is 4.69. The lowest BCUT2D eigenvalue weighted by Crippen LogP contribution is -2.28. The van der Waals surface area contributed by atoms with E-state index in [2.05, 4.69) is 86.8 Å². The topological polar surface area (TPSA) is 72.8 Å². The molecular weight excluding hydrogens is 572 g/mol. The molecule has 0 fully saturated rings. The number of unbranched alkanes of at least 4 members (excludes halogenated alkanes) is 12. The summed E-state index contributed by atoms with van der Waals surface area (Å²) in [6, 6.07) is 0. The van der Waals surface area contributed by atoms with Crippen molar-refractivity contribution in [3.05, 3.63) is 72.9 Å². The van der Waals surface area contributed by atoms with Gasteiger partial charge in [0.1, 0.15) is 6.61 Å². The molecule has 5 heteroatoms. The molecule has 0 amide bonds. The molecule has 0 saturated carbocycles. The van der Waals surface area contributed by atoms with Gasteiger partial charge in [-0.3, -0.25) is 9.59 Å². The van der Waals surface area contributed by atoms with Crippen molar-refractivity contribution in [2.75, 3.05) is 13.2 Å². The molecule has 0 radical (unpaired) electrons. The van der Waals surface area contributed by atoms with E-state index < -0.39 is 6.10 Å². The number of carbonyl (C=O) groups is 2. The highest BCUT2D eigenvalue weighted by molar-refractivity contribution is 5.70. The van der Waals surface area contributed by atoms with Gasteiger partial charge in [0, 0.05) is 12.8 Å². The van der Waals surface area contributed by atoms with Crippen LogP contribution in [0.25, 0.3) is 0 Å². The highest BCUT2D eigenvalue weighted by Crippen LogP contribution is 2.11. The molecule has 0 aromatic carbocycles. The summed E-state index contributed by atoms with van der Waals surface area (Å²) in [6.07, 6.45) is 48.1. The number of aliphatic hydroxyl groups is 1. The Morgan fingerprint density at radius 1 is 0.522 bits per heavy atom. The summed E-state index contributed by atoms with van der Waals surface area (Å²) in [5.41, 5.74) is 0. The number of carbonyl (C=O) groups excluding carboxylic acids is 2. The molecule has 0 heterocycles. The average molecular weight is 641 g/mol. The van der Waals surface area contributed by atoms with Crippen molar-refractivity contribution in [3.63, 3.8) is 0 Å². The molecule has 1 unspecified atom stereocenters. The predicted molar refractivity (Wildman–Crippen MR) is 196 cm³/mol. The Morgan fingerprint density at radius 2 is 0.935 bits per heavy atom. The van der Waals surface area contributed by atoms with E-state index in [0.29, 0.717) is 12.8 Å². The van der Waals surface area contributed by atoms with E-state index >= 15 is 0 Å². The highest BCUT2D eigenvalue weighted by atomic mass is 16.6. The summed E-state index contributed by atoms with van der Waals surface area (Å²) in [7, 11) is 0. The lowest BCUT2D eigenvalue weighted by atomic mass is 10.1. The Bertz CT molecular complexity index is 864. The van der Waals surface area contributed by atoms with Crippen LogP contribution in [0, 0.1) is 0 Å². The molecule has 1 N–H and O–H groups in total. The SMILES string of the molecule is CCC=CCC=CCC=CCC=CCC=CCCCCCC(=O)OC(CO)COC(=O)CCCCCCCC=CCCCCCC. The number of ether oxygens (including phenoxy) is 2. The van der Waals surface area contributed by atoms with Crippen molar-refractivity contribution in [1.82, 2.24) is 0 Å². The van der Waals surface area contributed by atoms with E-state index in [1.54, 1.807) is 0 Å². The van der Waals surface area contributed by atoms with E-state index in [0.717, 1.165) is 83.5 Å². The van der Waals surface area contributed by atoms with Gasteiger partial charge in [-0.05, 0) is 83.5 Å². The first-order valence-electron chi connectivity index (χ1n) is 18.5. The van der Waals surface area contributed by atoms with Crippen molar-refractivity contribution in [2.24, 2.45) is 0 Å². The predicted octanol–water partition coefficient (Wildman–Crippen LogP) is 11.4. The van der Waals surface area contributed by atoms with Crippen LogP contribution in [0.4, 0.5) is 0 Å². The van der Waals surface area contributed by atoms with Crippen molar-refractivity contribution < 1.29 is 24.2 Å². The molecule has 0 aliphatic heterocycles. The standard InChI is InChI=1S/C41H68O5/c1-3-5-7-9-11-13-15-17-18-19-20-21-22-24-26-28-30-32-34-36-41(44)46-39(37-42)38-45-40(43)35-33-31-29-27-25-23-16-14-12-10-8-6-4-2/h5,7,11,13-14,16-18,20-21,24,26,39,42H,3-4,6,8-10,12,15,19,22-23,25,27-38H2,1-2H3. The highest BCUT2D eigenvalue weighted by Gasteiger charge is 2.16. The van der Waals surface area contributed by atoms with E-state index in [4.69, 9.17) is 9.47 Å². The zero-order valence-electron chi connectivity index (χ0n) is 29.6. The van der Waals surface area contributed by atoms with Gasteiger partial charge in [-0.2, -0.15) is 0 Å². The van der Waals surface area contributed by atoms with E-state index in [1.807, 2.05) is 0 Å². The third kappa shape index (κ3) is 34.2. The fraction of sp³-hybridized carbons (Fsp3) is 0.659. The minimum absolute atomic E-state index is 0.0874. The first-order chi connectivity index (χ1) is 22.6. The molecule has 0 aliphatic carbocycles. The molecule has 1 atom stereocenters. The second kappa shape index (κ2) is 36.8. The zero-order chi connectivity index (χ0) is 33.6. The first-order valence-corrected chi connectivity index (χ1v) is 18.5. The van der Waals surface area contributed by atoms with Crippen LogP contribution in [0.3, 0.4) is 0 Å². The monoisotopic (exact) mass is 641 g/mol. The zero-order valence-corrected chi connectivity index (χ0v) is 29.6. The second-order valence-corrected chi connectivity index (χ2v) is 11.9. The molecule has 0 aromatic rings. The quantitative estimate of drug-likeness (QED) is 0.0450. The van der Waals surface area contributed by atoms with Crippen LogP contribution >= 0.6 is 0 Å². The fourth-order valence-electron chi connectivity index (χ4n) is 4.69. The third-order valence-corrected chi connectivity index (χ3v) is 7.48. The Kier molecular flexibility index (Phi) is 34.7. The Hall–Kier alpha value is -2.66. The van der Waals surface area contributed by atoms with Gasteiger partial charge in [0.15, 0.2) is 6.10 Å². The molecule has 46 heavy (non-hydrogen) atoms. The molecule has 0 bridgehead atoms. The van der Waals surface area contributed by atoms with Gasteiger partial charge in [-0.25, -0.2) is 0 Å². The van der Waals surface area contributed by atoms with E-state index in [9.17, 15) is 14.7 Å². The minimum atomic E-state index is -0.794. The average Bonchev–Trinajstić information content (AvgIpc) is 3.06. The number of aliphatic hydroxyl groups excluding tert-OH is 1. The Morgan fingerprint density at radius 3 is 1.46 bits per heavy atom. The summed E-state index contributed by atoms with van der Waals surface area (Å²) in [6.45, 7) is 3.95. The van der Waals surface area contributed by atoms with Crippen LogP contribution in [0.15, 0.2) is 72.9 Å². The maximum Gasteiger partial charge on any atom is 0.306 e. The second-order valence-electron chi connectivity index (χ2n) is 11.9. The first kappa shape index (κ1) is 43.3. The molecule has 5 nitrogen and oxygen atoms in total. The van der Waals surface area contributed by atoms with Crippen molar-refractivity contribution >= 4 is 11.9 Å². The smallest absolute Gasteiger partial charge is 0.306 e.